The first-order chi connectivity index (χ1) is 11.1. The summed E-state index contributed by atoms with van der Waals surface area (Å²) in [6, 6.07) is 3.74. The molecule has 8 heteroatoms. The van der Waals surface area contributed by atoms with Crippen molar-refractivity contribution in [2.75, 3.05) is 11.9 Å². The maximum atomic E-state index is 12.5. The fourth-order valence-electron chi connectivity index (χ4n) is 3.13. The number of hydrogen-bond acceptors (Lipinski definition) is 6. The molecule has 1 unspecified atom stereocenters. The lowest BCUT2D eigenvalue weighted by Gasteiger charge is -2.26. The third-order valence-corrected chi connectivity index (χ3v) is 5.06. The summed E-state index contributed by atoms with van der Waals surface area (Å²) >= 11 is 1.46. The zero-order valence-electron chi connectivity index (χ0n) is 12.2. The number of aromatic nitrogens is 2. The molecule has 0 fully saturated rings. The number of hydrogen-bond donors (Lipinski definition) is 2. The summed E-state index contributed by atoms with van der Waals surface area (Å²) in [7, 11) is 0. The standard InChI is InChI=1S/C15H13N3O4S/c1-2-18-12-11(13(19)17-15(18)21)10(8-4-3-5-23-8)9-7(16-12)6-22-14(9)20/h3-5,10,16H,2,6H2,1H3,(H,17,19,21). The van der Waals surface area contributed by atoms with E-state index < -0.39 is 23.1 Å². The Bertz CT molecular complexity index is 952. The molecule has 1 atom stereocenters. The molecule has 4 heterocycles. The Labute approximate surface area is 134 Å². The van der Waals surface area contributed by atoms with E-state index >= 15 is 0 Å². The Morgan fingerprint density at radius 2 is 2.22 bits per heavy atom. The van der Waals surface area contributed by atoms with Gasteiger partial charge in [-0.3, -0.25) is 14.3 Å². The lowest BCUT2D eigenvalue weighted by molar-refractivity contribution is -0.136. The van der Waals surface area contributed by atoms with Crippen molar-refractivity contribution in [1.82, 2.24) is 9.55 Å². The van der Waals surface area contributed by atoms with Gasteiger partial charge in [0.1, 0.15) is 12.4 Å². The Balaban J connectivity index is 2.07. The first-order valence-corrected chi connectivity index (χ1v) is 8.07. The first-order valence-electron chi connectivity index (χ1n) is 7.19. The monoisotopic (exact) mass is 331 g/mol. The second-order valence-corrected chi connectivity index (χ2v) is 6.29. The molecule has 0 saturated heterocycles. The number of H-pyrrole nitrogens is 1. The molecular weight excluding hydrogens is 318 g/mol. The number of anilines is 1. The number of cyclic esters (lactones) is 1. The van der Waals surface area contributed by atoms with E-state index in [1.807, 2.05) is 24.4 Å². The molecule has 0 radical (unpaired) electrons. The number of nitrogens with one attached hydrogen (secondary N) is 2. The number of carbonyl (C=O) groups is 1. The Hall–Kier alpha value is -2.61. The number of nitrogens with zero attached hydrogens (tertiary/aromatic N) is 1. The summed E-state index contributed by atoms with van der Waals surface area (Å²) in [6.45, 7) is 2.35. The van der Waals surface area contributed by atoms with Crippen LogP contribution in [0.15, 0.2) is 38.4 Å². The normalized spacial score (nSPS) is 19.2. The van der Waals surface area contributed by atoms with E-state index in [0.717, 1.165) is 4.88 Å². The molecule has 7 nitrogen and oxygen atoms in total. The van der Waals surface area contributed by atoms with Gasteiger partial charge in [0.25, 0.3) is 5.56 Å². The van der Waals surface area contributed by atoms with Crippen LogP contribution in [0.2, 0.25) is 0 Å². The van der Waals surface area contributed by atoms with Crippen LogP contribution in [0, 0.1) is 0 Å². The fraction of sp³-hybridized carbons (Fsp3) is 0.267. The SMILES string of the molecule is CCn1c2c(c(=O)[nH]c1=O)C(c1cccs1)C1=C(COC1=O)N2. The van der Waals surface area contributed by atoms with Crippen LogP contribution >= 0.6 is 11.3 Å². The highest BCUT2D eigenvalue weighted by molar-refractivity contribution is 7.10. The van der Waals surface area contributed by atoms with E-state index in [0.29, 0.717) is 29.2 Å². The molecule has 118 valence electrons. The molecule has 0 spiro atoms. The van der Waals surface area contributed by atoms with Crippen LogP contribution in [0.4, 0.5) is 5.82 Å². The fourth-order valence-corrected chi connectivity index (χ4v) is 3.97. The maximum absolute atomic E-state index is 12.5. The minimum Gasteiger partial charge on any atom is -0.456 e. The summed E-state index contributed by atoms with van der Waals surface area (Å²) in [6.07, 6.45) is 0. The molecule has 23 heavy (non-hydrogen) atoms. The Morgan fingerprint density at radius 3 is 2.91 bits per heavy atom. The van der Waals surface area contributed by atoms with Crippen LogP contribution in [0.1, 0.15) is 23.3 Å². The van der Waals surface area contributed by atoms with Gasteiger partial charge in [-0.2, -0.15) is 0 Å². The summed E-state index contributed by atoms with van der Waals surface area (Å²) in [5.41, 5.74) is 0.501. The van der Waals surface area contributed by atoms with Gasteiger partial charge in [-0.1, -0.05) is 6.07 Å². The van der Waals surface area contributed by atoms with E-state index in [1.54, 1.807) is 0 Å². The average Bonchev–Trinajstić information content (AvgIpc) is 3.16. The van der Waals surface area contributed by atoms with Gasteiger partial charge in [0.05, 0.1) is 22.8 Å². The molecule has 2 aromatic heterocycles. The van der Waals surface area contributed by atoms with E-state index in [4.69, 9.17) is 4.74 Å². The van der Waals surface area contributed by atoms with Crippen LogP contribution in [0.5, 0.6) is 0 Å². The van der Waals surface area contributed by atoms with Crippen LogP contribution in [-0.2, 0) is 16.1 Å². The number of aromatic amines is 1. The second-order valence-electron chi connectivity index (χ2n) is 5.31. The summed E-state index contributed by atoms with van der Waals surface area (Å²) in [5.74, 6) is -0.500. The van der Waals surface area contributed by atoms with Crippen molar-refractivity contribution < 1.29 is 9.53 Å². The largest absolute Gasteiger partial charge is 0.456 e. The summed E-state index contributed by atoms with van der Waals surface area (Å²) < 4.78 is 6.59. The van der Waals surface area contributed by atoms with Crippen LogP contribution in [0.3, 0.4) is 0 Å². The number of ether oxygens (including phenoxy) is 1. The van der Waals surface area contributed by atoms with Gasteiger partial charge in [-0.15, -0.1) is 11.3 Å². The average molecular weight is 331 g/mol. The summed E-state index contributed by atoms with van der Waals surface area (Å²) in [5, 5.41) is 4.95. The zero-order chi connectivity index (χ0) is 16.1. The van der Waals surface area contributed by atoms with Crippen molar-refractivity contribution in [3.63, 3.8) is 0 Å². The van der Waals surface area contributed by atoms with E-state index in [9.17, 15) is 14.4 Å². The number of rotatable bonds is 2. The highest BCUT2D eigenvalue weighted by Crippen LogP contribution is 2.43. The van der Waals surface area contributed by atoms with E-state index in [1.165, 1.54) is 15.9 Å². The van der Waals surface area contributed by atoms with Gasteiger partial charge in [0, 0.05) is 11.4 Å². The third-order valence-electron chi connectivity index (χ3n) is 4.12. The lowest BCUT2D eigenvalue weighted by atomic mass is 9.87. The molecule has 0 aliphatic carbocycles. The molecule has 0 bridgehead atoms. The van der Waals surface area contributed by atoms with Gasteiger partial charge in [-0.25, -0.2) is 9.59 Å². The van der Waals surface area contributed by atoms with Crippen molar-refractivity contribution in [2.24, 2.45) is 0 Å². The number of esters is 1. The van der Waals surface area contributed by atoms with Crippen LogP contribution in [0.25, 0.3) is 0 Å². The molecule has 2 N–H and O–H groups in total. The Kier molecular flexibility index (Phi) is 3.02. The van der Waals surface area contributed by atoms with Crippen LogP contribution in [-0.4, -0.2) is 22.1 Å². The van der Waals surface area contributed by atoms with Gasteiger partial charge < -0.3 is 10.1 Å². The molecule has 2 aromatic rings. The van der Waals surface area contributed by atoms with Crippen molar-refractivity contribution in [2.45, 2.75) is 19.4 Å². The molecule has 2 aliphatic rings. The van der Waals surface area contributed by atoms with Crippen molar-refractivity contribution in [1.29, 1.82) is 0 Å². The molecule has 2 aliphatic heterocycles. The predicted molar refractivity (Wildman–Crippen MR) is 84.8 cm³/mol. The van der Waals surface area contributed by atoms with Crippen molar-refractivity contribution in [3.05, 3.63) is 60.1 Å². The van der Waals surface area contributed by atoms with Crippen molar-refractivity contribution >= 4 is 23.1 Å². The van der Waals surface area contributed by atoms with Gasteiger partial charge in [0.2, 0.25) is 0 Å². The van der Waals surface area contributed by atoms with Gasteiger partial charge >= 0.3 is 11.7 Å². The predicted octanol–water partition coefficient (Wildman–Crippen LogP) is 0.986. The van der Waals surface area contributed by atoms with Gasteiger partial charge in [-0.05, 0) is 18.4 Å². The quantitative estimate of drug-likeness (QED) is 0.801. The number of thiophene rings is 1. The summed E-state index contributed by atoms with van der Waals surface area (Å²) in [4.78, 5) is 39.9. The molecule has 4 rings (SSSR count). The molecule has 0 saturated carbocycles. The highest BCUT2D eigenvalue weighted by Gasteiger charge is 2.41. The van der Waals surface area contributed by atoms with Crippen molar-refractivity contribution in [3.8, 4) is 0 Å². The molecule has 0 aromatic carbocycles. The minimum atomic E-state index is -0.515. The minimum absolute atomic E-state index is 0.125. The topological polar surface area (TPSA) is 93.2 Å². The lowest BCUT2D eigenvalue weighted by Crippen LogP contribution is -2.38. The molecular formula is C15H13N3O4S. The van der Waals surface area contributed by atoms with E-state index in [2.05, 4.69) is 10.3 Å². The number of carbonyl (C=O) groups excluding carboxylic acids is 1. The number of fused-ring (bicyclic) bond motifs is 1. The van der Waals surface area contributed by atoms with E-state index in [-0.39, 0.29) is 6.61 Å². The smallest absolute Gasteiger partial charge is 0.337 e. The first kappa shape index (κ1) is 14.0. The van der Waals surface area contributed by atoms with Gasteiger partial charge in [0.15, 0.2) is 0 Å². The zero-order valence-corrected chi connectivity index (χ0v) is 13.0. The van der Waals surface area contributed by atoms with Crippen LogP contribution < -0.4 is 16.6 Å². The molecule has 0 amide bonds. The third kappa shape index (κ3) is 1.91. The maximum Gasteiger partial charge on any atom is 0.337 e. The Morgan fingerprint density at radius 1 is 1.39 bits per heavy atom. The second kappa shape index (κ2) is 4.95. The highest BCUT2D eigenvalue weighted by atomic mass is 32.1.